The van der Waals surface area contributed by atoms with Gasteiger partial charge in [-0.2, -0.15) is 0 Å². The summed E-state index contributed by atoms with van der Waals surface area (Å²) in [6.07, 6.45) is 0. The second kappa shape index (κ2) is 2.99. The number of aryl methyl sites for hydroxylation is 2. The Bertz CT molecular complexity index is 388. The number of benzene rings is 1. The molecule has 2 aromatic rings. The molecule has 0 aliphatic carbocycles. The Morgan fingerprint density at radius 2 is 1.83 bits per heavy atom. The molecule has 0 saturated heterocycles. The fraction of sp³-hybridized carbons (Fsp3) is 0.200. The van der Waals surface area contributed by atoms with Crippen LogP contribution in [0.4, 0.5) is 0 Å². The van der Waals surface area contributed by atoms with Gasteiger partial charge in [-0.1, -0.05) is 18.2 Å². The van der Waals surface area contributed by atoms with Gasteiger partial charge in [-0.15, -0.1) is 0 Å². The van der Waals surface area contributed by atoms with Gasteiger partial charge < -0.3 is 10.7 Å². The fourth-order valence-corrected chi connectivity index (χ4v) is 1.43. The summed E-state index contributed by atoms with van der Waals surface area (Å²) in [4.78, 5) is 0. The fourth-order valence-electron chi connectivity index (χ4n) is 1.43. The lowest BCUT2D eigenvalue weighted by Gasteiger charge is -1.96. The Morgan fingerprint density at radius 3 is 2.50 bits per heavy atom. The zero-order valence-electron chi connectivity index (χ0n) is 7.54. The van der Waals surface area contributed by atoms with Crippen LogP contribution in [0.5, 0.6) is 0 Å². The number of fused-ring (bicyclic) bond motifs is 1. The Morgan fingerprint density at radius 1 is 1.17 bits per heavy atom. The molecule has 0 amide bonds. The number of aromatic nitrogens is 1. The third-order valence-corrected chi connectivity index (χ3v) is 2.19. The molecular weight excluding hydrogens is 148 g/mol. The van der Waals surface area contributed by atoms with Crippen molar-refractivity contribution in [2.24, 2.45) is 7.05 Å². The van der Waals surface area contributed by atoms with E-state index in [0.717, 1.165) is 0 Å². The second-order valence-electron chi connectivity index (χ2n) is 2.90. The van der Waals surface area contributed by atoms with Crippen molar-refractivity contribution in [3.05, 3.63) is 36.0 Å². The number of hydrogen-bond donors (Lipinski definition) is 1. The molecule has 1 aromatic carbocycles. The van der Waals surface area contributed by atoms with E-state index in [-0.39, 0.29) is 6.15 Å². The summed E-state index contributed by atoms with van der Waals surface area (Å²) in [6, 6.07) is 10.6. The first-order valence-corrected chi connectivity index (χ1v) is 3.80. The van der Waals surface area contributed by atoms with Crippen LogP contribution in [0.25, 0.3) is 10.9 Å². The van der Waals surface area contributed by atoms with Crippen LogP contribution in [0.2, 0.25) is 0 Å². The second-order valence-corrected chi connectivity index (χ2v) is 2.90. The maximum atomic E-state index is 2.20. The van der Waals surface area contributed by atoms with Crippen LogP contribution < -0.4 is 6.15 Å². The minimum Gasteiger partial charge on any atom is -0.348 e. The van der Waals surface area contributed by atoms with Crippen LogP contribution in [-0.4, -0.2) is 4.57 Å². The van der Waals surface area contributed by atoms with E-state index in [0.29, 0.717) is 0 Å². The van der Waals surface area contributed by atoms with E-state index in [1.54, 1.807) is 0 Å². The molecule has 0 fully saturated rings. The maximum Gasteiger partial charge on any atom is 0.0479 e. The molecule has 2 rings (SSSR count). The zero-order chi connectivity index (χ0) is 7.84. The highest BCUT2D eigenvalue weighted by Gasteiger charge is 1.98. The SMILES string of the molecule is Cc1cc2ccccc2n1C.N. The van der Waals surface area contributed by atoms with Crippen LogP contribution in [0.1, 0.15) is 5.69 Å². The van der Waals surface area contributed by atoms with Crippen molar-refractivity contribution in [3.8, 4) is 0 Å². The minimum absolute atomic E-state index is 0. The van der Waals surface area contributed by atoms with Gasteiger partial charge in [-0.3, -0.25) is 0 Å². The molecule has 0 bridgehead atoms. The van der Waals surface area contributed by atoms with E-state index >= 15 is 0 Å². The van der Waals surface area contributed by atoms with Crippen LogP contribution in [0, 0.1) is 6.92 Å². The van der Waals surface area contributed by atoms with Crippen molar-refractivity contribution < 1.29 is 0 Å². The Hall–Kier alpha value is -1.28. The standard InChI is InChI=1S/C10H11N.H3N/c1-8-7-9-5-3-4-6-10(9)11(8)2;/h3-7H,1-2H3;1H3. The lowest BCUT2D eigenvalue weighted by Crippen LogP contribution is -1.88. The average molecular weight is 162 g/mol. The van der Waals surface area contributed by atoms with Crippen LogP contribution in [-0.2, 0) is 7.05 Å². The molecule has 1 aromatic heterocycles. The molecule has 3 N–H and O–H groups in total. The van der Waals surface area contributed by atoms with Crippen molar-refractivity contribution in [1.29, 1.82) is 0 Å². The first kappa shape index (κ1) is 8.81. The lowest BCUT2D eigenvalue weighted by molar-refractivity contribution is 0.918. The van der Waals surface area contributed by atoms with Gasteiger partial charge >= 0.3 is 0 Å². The third-order valence-electron chi connectivity index (χ3n) is 2.19. The van der Waals surface area contributed by atoms with Crippen molar-refractivity contribution in [2.45, 2.75) is 6.92 Å². The van der Waals surface area contributed by atoms with Crippen molar-refractivity contribution in [1.82, 2.24) is 10.7 Å². The van der Waals surface area contributed by atoms with Crippen molar-refractivity contribution >= 4 is 10.9 Å². The smallest absolute Gasteiger partial charge is 0.0479 e. The van der Waals surface area contributed by atoms with Gasteiger partial charge in [-0.25, -0.2) is 0 Å². The highest BCUT2D eigenvalue weighted by molar-refractivity contribution is 5.80. The van der Waals surface area contributed by atoms with Crippen LogP contribution in [0.3, 0.4) is 0 Å². The molecule has 0 unspecified atom stereocenters. The van der Waals surface area contributed by atoms with E-state index in [9.17, 15) is 0 Å². The normalized spacial score (nSPS) is 9.83. The van der Waals surface area contributed by atoms with Gasteiger partial charge in [0.05, 0.1) is 0 Å². The number of rotatable bonds is 0. The van der Waals surface area contributed by atoms with Gasteiger partial charge in [0.15, 0.2) is 0 Å². The Labute approximate surface area is 72.4 Å². The summed E-state index contributed by atoms with van der Waals surface area (Å²) in [5, 5.41) is 1.33. The lowest BCUT2D eigenvalue weighted by atomic mass is 10.2. The molecular formula is C10H14N2. The van der Waals surface area contributed by atoms with Gasteiger partial charge in [0.2, 0.25) is 0 Å². The van der Waals surface area contributed by atoms with E-state index in [2.05, 4.69) is 48.9 Å². The first-order chi connectivity index (χ1) is 5.29. The van der Waals surface area contributed by atoms with E-state index < -0.39 is 0 Å². The third kappa shape index (κ3) is 1.10. The molecule has 12 heavy (non-hydrogen) atoms. The highest BCUT2D eigenvalue weighted by Crippen LogP contribution is 2.16. The van der Waals surface area contributed by atoms with E-state index in [1.165, 1.54) is 16.6 Å². The predicted octanol–water partition coefficient (Wildman–Crippen LogP) is 2.65. The Balaban J connectivity index is 0.000000720. The summed E-state index contributed by atoms with van der Waals surface area (Å²) in [6.45, 7) is 2.12. The first-order valence-electron chi connectivity index (χ1n) is 3.80. The highest BCUT2D eigenvalue weighted by atomic mass is 14.9. The molecule has 0 radical (unpaired) electrons. The summed E-state index contributed by atoms with van der Waals surface area (Å²) < 4.78 is 2.20. The number of nitrogens with zero attached hydrogens (tertiary/aromatic N) is 1. The van der Waals surface area contributed by atoms with Crippen molar-refractivity contribution in [3.63, 3.8) is 0 Å². The monoisotopic (exact) mass is 162 g/mol. The quantitative estimate of drug-likeness (QED) is 0.635. The summed E-state index contributed by atoms with van der Waals surface area (Å²) in [7, 11) is 2.09. The van der Waals surface area contributed by atoms with Gasteiger partial charge in [-0.05, 0) is 24.4 Å². The summed E-state index contributed by atoms with van der Waals surface area (Å²) in [5.41, 5.74) is 2.62. The molecule has 1 heterocycles. The molecule has 2 heteroatoms. The molecule has 0 aliphatic heterocycles. The number of para-hydroxylation sites is 1. The van der Waals surface area contributed by atoms with Crippen LogP contribution in [0.15, 0.2) is 30.3 Å². The largest absolute Gasteiger partial charge is 0.348 e. The topological polar surface area (TPSA) is 39.9 Å². The maximum absolute atomic E-state index is 2.20. The number of hydrogen-bond acceptors (Lipinski definition) is 1. The minimum atomic E-state index is 0. The molecule has 2 nitrogen and oxygen atoms in total. The van der Waals surface area contributed by atoms with Gasteiger partial charge in [0.25, 0.3) is 0 Å². The molecule has 64 valence electrons. The molecule has 0 saturated carbocycles. The van der Waals surface area contributed by atoms with Gasteiger partial charge in [0, 0.05) is 18.3 Å². The van der Waals surface area contributed by atoms with Crippen LogP contribution >= 0.6 is 0 Å². The predicted molar refractivity (Wildman–Crippen MR) is 52.7 cm³/mol. The summed E-state index contributed by atoms with van der Waals surface area (Å²) >= 11 is 0. The summed E-state index contributed by atoms with van der Waals surface area (Å²) in [5.74, 6) is 0. The average Bonchev–Trinajstić information content (AvgIpc) is 2.30. The Kier molecular flexibility index (Phi) is 2.20. The van der Waals surface area contributed by atoms with Gasteiger partial charge in [0.1, 0.15) is 0 Å². The molecule has 0 atom stereocenters. The van der Waals surface area contributed by atoms with Crippen molar-refractivity contribution in [2.75, 3.05) is 0 Å². The zero-order valence-corrected chi connectivity index (χ0v) is 7.54. The molecule has 0 aliphatic rings. The van der Waals surface area contributed by atoms with E-state index in [1.807, 2.05) is 0 Å². The van der Waals surface area contributed by atoms with E-state index in [4.69, 9.17) is 0 Å². The molecule has 0 spiro atoms.